The number of halogens is 1. The van der Waals surface area contributed by atoms with Crippen molar-refractivity contribution in [1.29, 1.82) is 0 Å². The maximum atomic E-state index is 14.1. The van der Waals surface area contributed by atoms with E-state index in [4.69, 9.17) is 9.47 Å². The Balaban J connectivity index is 1.51. The second-order valence-electron chi connectivity index (χ2n) is 6.81. The molecule has 0 bridgehead atoms. The Hall–Kier alpha value is -2.84. The number of ether oxygens (including phenoxy) is 2. The first-order valence-corrected chi connectivity index (χ1v) is 8.47. The number of carbonyl (C=O) groups is 3. The second-order valence-corrected chi connectivity index (χ2v) is 6.81. The van der Waals surface area contributed by atoms with Crippen molar-refractivity contribution in [1.82, 2.24) is 10.2 Å². The highest BCUT2D eigenvalue weighted by Gasteiger charge is 2.43. The molecule has 3 aliphatic rings. The van der Waals surface area contributed by atoms with Crippen LogP contribution in [0.1, 0.15) is 25.7 Å². The van der Waals surface area contributed by atoms with Crippen molar-refractivity contribution in [3.05, 3.63) is 17.9 Å². The average Bonchev–Trinajstić information content (AvgIpc) is 3.25. The number of hydrogen-bond donors (Lipinski definition) is 2. The van der Waals surface area contributed by atoms with E-state index in [9.17, 15) is 18.8 Å². The Labute approximate surface area is 148 Å². The monoisotopic (exact) mass is 363 g/mol. The van der Waals surface area contributed by atoms with E-state index in [1.54, 1.807) is 0 Å². The molecule has 0 atom stereocenters. The summed E-state index contributed by atoms with van der Waals surface area (Å²) in [7, 11) is 0. The number of nitrogens with zero attached hydrogens (tertiary/aromatic N) is 1. The van der Waals surface area contributed by atoms with Gasteiger partial charge in [0.1, 0.15) is 12.2 Å². The lowest BCUT2D eigenvalue weighted by molar-refractivity contribution is -0.148. The molecule has 0 aromatic heterocycles. The van der Waals surface area contributed by atoms with E-state index >= 15 is 0 Å². The van der Waals surface area contributed by atoms with Gasteiger partial charge in [0.05, 0.1) is 5.54 Å². The van der Waals surface area contributed by atoms with Crippen molar-refractivity contribution < 1.29 is 28.2 Å². The topological polar surface area (TPSA) is 97.0 Å². The van der Waals surface area contributed by atoms with E-state index < -0.39 is 23.2 Å². The number of benzene rings is 1. The molecule has 1 spiro atoms. The summed E-state index contributed by atoms with van der Waals surface area (Å²) in [6.45, 7) is -0.00655. The average molecular weight is 363 g/mol. The van der Waals surface area contributed by atoms with Crippen molar-refractivity contribution in [2.45, 2.75) is 31.2 Å². The van der Waals surface area contributed by atoms with E-state index in [1.807, 2.05) is 0 Å². The Bertz CT molecular complexity index is 791. The standard InChI is InChI=1S/C17H18FN3O5/c18-10-3-4-11-14(26-9-25-11)13(10)19-15(23)16(24)21-7-12(22)20-17(8-21)5-1-2-6-17/h3-4H,1-2,5-9H2,(H,19,23)(H,20,22). The molecule has 26 heavy (non-hydrogen) atoms. The van der Waals surface area contributed by atoms with Crippen LogP contribution >= 0.6 is 0 Å². The molecular weight excluding hydrogens is 345 g/mol. The van der Waals surface area contributed by atoms with Gasteiger partial charge in [0.15, 0.2) is 17.3 Å². The van der Waals surface area contributed by atoms with Crippen LogP contribution in [-0.2, 0) is 14.4 Å². The van der Waals surface area contributed by atoms with E-state index in [0.717, 1.165) is 31.7 Å². The third kappa shape index (κ3) is 2.83. The van der Waals surface area contributed by atoms with Crippen LogP contribution in [0.3, 0.4) is 0 Å². The summed E-state index contributed by atoms with van der Waals surface area (Å²) in [5, 5.41) is 5.21. The third-order valence-corrected chi connectivity index (χ3v) is 5.00. The molecule has 1 aromatic carbocycles. The minimum atomic E-state index is -1.02. The first-order valence-electron chi connectivity index (χ1n) is 8.47. The smallest absolute Gasteiger partial charge is 0.314 e. The summed E-state index contributed by atoms with van der Waals surface area (Å²) in [4.78, 5) is 38.1. The molecule has 9 heteroatoms. The number of nitrogens with one attached hydrogen (secondary N) is 2. The van der Waals surface area contributed by atoms with Gasteiger partial charge in [-0.2, -0.15) is 0 Å². The van der Waals surface area contributed by atoms with Crippen LogP contribution < -0.4 is 20.1 Å². The van der Waals surface area contributed by atoms with Gasteiger partial charge in [0.2, 0.25) is 12.7 Å². The quantitative estimate of drug-likeness (QED) is 0.718. The molecule has 8 nitrogen and oxygen atoms in total. The molecule has 3 amide bonds. The van der Waals surface area contributed by atoms with E-state index in [0.29, 0.717) is 0 Å². The molecule has 1 aromatic rings. The van der Waals surface area contributed by atoms with Crippen molar-refractivity contribution in [3.63, 3.8) is 0 Å². The zero-order valence-electron chi connectivity index (χ0n) is 14.0. The third-order valence-electron chi connectivity index (χ3n) is 5.00. The number of hydrogen-bond acceptors (Lipinski definition) is 5. The number of anilines is 1. The molecule has 2 heterocycles. The minimum absolute atomic E-state index is 0.0507. The highest BCUT2D eigenvalue weighted by Crippen LogP contribution is 2.40. The van der Waals surface area contributed by atoms with Crippen LogP contribution in [0.4, 0.5) is 10.1 Å². The normalized spacial score (nSPS) is 20.2. The van der Waals surface area contributed by atoms with Crippen LogP contribution in [0, 0.1) is 5.82 Å². The summed E-state index contributed by atoms with van der Waals surface area (Å²) in [6, 6.07) is 2.50. The number of rotatable bonds is 1. The predicted octanol–water partition coefficient (Wildman–Crippen LogP) is 0.764. The maximum Gasteiger partial charge on any atom is 0.314 e. The van der Waals surface area contributed by atoms with Crippen LogP contribution in [0.2, 0.25) is 0 Å². The van der Waals surface area contributed by atoms with Crippen molar-refractivity contribution >= 4 is 23.4 Å². The zero-order valence-corrected chi connectivity index (χ0v) is 14.0. The van der Waals surface area contributed by atoms with Gasteiger partial charge in [-0.05, 0) is 25.0 Å². The van der Waals surface area contributed by atoms with Gasteiger partial charge in [-0.25, -0.2) is 4.39 Å². The highest BCUT2D eigenvalue weighted by atomic mass is 19.1. The van der Waals surface area contributed by atoms with Gasteiger partial charge in [0.25, 0.3) is 0 Å². The van der Waals surface area contributed by atoms with Gasteiger partial charge in [-0.3, -0.25) is 14.4 Å². The minimum Gasteiger partial charge on any atom is -0.454 e. The summed E-state index contributed by atoms with van der Waals surface area (Å²) in [5.74, 6) is -2.58. The predicted molar refractivity (Wildman–Crippen MR) is 87.1 cm³/mol. The van der Waals surface area contributed by atoms with Gasteiger partial charge < -0.3 is 25.0 Å². The van der Waals surface area contributed by atoms with Gasteiger partial charge in [0, 0.05) is 6.54 Å². The van der Waals surface area contributed by atoms with Crippen molar-refractivity contribution in [2.75, 3.05) is 25.2 Å². The summed E-state index contributed by atoms with van der Waals surface area (Å²) >= 11 is 0. The Kier molecular flexibility index (Phi) is 3.93. The van der Waals surface area contributed by atoms with E-state index in [2.05, 4.69) is 10.6 Å². The molecule has 1 aliphatic carbocycles. The van der Waals surface area contributed by atoms with Crippen LogP contribution in [0.15, 0.2) is 12.1 Å². The van der Waals surface area contributed by atoms with Crippen molar-refractivity contribution in [3.8, 4) is 11.5 Å². The van der Waals surface area contributed by atoms with Crippen LogP contribution in [-0.4, -0.2) is 48.0 Å². The Morgan fingerprint density at radius 3 is 2.77 bits per heavy atom. The van der Waals surface area contributed by atoms with Crippen LogP contribution in [0.25, 0.3) is 0 Å². The molecular formula is C17H18FN3O5. The fraction of sp³-hybridized carbons (Fsp3) is 0.471. The van der Waals surface area contributed by atoms with Gasteiger partial charge >= 0.3 is 11.8 Å². The molecule has 2 N–H and O–H groups in total. The molecule has 0 unspecified atom stereocenters. The second kappa shape index (κ2) is 6.15. The van der Waals surface area contributed by atoms with E-state index in [-0.39, 0.29) is 43.0 Å². The first-order chi connectivity index (χ1) is 12.5. The molecule has 0 radical (unpaired) electrons. The molecule has 2 fully saturated rings. The lowest BCUT2D eigenvalue weighted by atomic mass is 9.94. The molecule has 4 rings (SSSR count). The fourth-order valence-corrected chi connectivity index (χ4v) is 3.82. The lowest BCUT2D eigenvalue weighted by Crippen LogP contribution is -2.64. The Morgan fingerprint density at radius 2 is 2.00 bits per heavy atom. The zero-order chi connectivity index (χ0) is 18.3. The summed E-state index contributed by atoms with van der Waals surface area (Å²) < 4.78 is 24.4. The Morgan fingerprint density at radius 1 is 1.23 bits per heavy atom. The summed E-state index contributed by atoms with van der Waals surface area (Å²) in [5.41, 5.74) is -0.697. The number of piperazine rings is 1. The lowest BCUT2D eigenvalue weighted by Gasteiger charge is -2.40. The highest BCUT2D eigenvalue weighted by molar-refractivity contribution is 6.40. The molecule has 1 saturated heterocycles. The molecule has 2 aliphatic heterocycles. The van der Waals surface area contributed by atoms with Gasteiger partial charge in [-0.15, -0.1) is 0 Å². The fourth-order valence-electron chi connectivity index (χ4n) is 3.82. The number of carbonyl (C=O) groups excluding carboxylic acids is 3. The van der Waals surface area contributed by atoms with E-state index in [1.165, 1.54) is 11.0 Å². The summed E-state index contributed by atoms with van der Waals surface area (Å²) in [6.07, 6.45) is 3.48. The SMILES string of the molecule is O=C1CN(C(=O)C(=O)Nc2c(F)ccc3c2OCO3)CC2(CCCC2)N1. The van der Waals surface area contributed by atoms with Gasteiger partial charge in [-0.1, -0.05) is 12.8 Å². The molecule has 138 valence electrons. The largest absolute Gasteiger partial charge is 0.454 e. The number of fused-ring (bicyclic) bond motifs is 1. The molecule has 1 saturated carbocycles. The van der Waals surface area contributed by atoms with Crippen LogP contribution in [0.5, 0.6) is 11.5 Å². The first kappa shape index (κ1) is 16.6. The number of amides is 3. The maximum absolute atomic E-state index is 14.1. The van der Waals surface area contributed by atoms with Crippen molar-refractivity contribution in [2.24, 2.45) is 0 Å².